The summed E-state index contributed by atoms with van der Waals surface area (Å²) in [5.41, 5.74) is 17.4. The molecule has 13 heteroatoms. The van der Waals surface area contributed by atoms with Crippen molar-refractivity contribution in [2.75, 3.05) is 0 Å². The van der Waals surface area contributed by atoms with E-state index in [0.29, 0.717) is 0 Å². The van der Waals surface area contributed by atoms with Crippen LogP contribution in [0.15, 0.2) is 52.7 Å². The summed E-state index contributed by atoms with van der Waals surface area (Å²) in [5.74, 6) is -2.17. The number of amides is 1. The topological polar surface area (TPSA) is 196 Å². The predicted octanol–water partition coefficient (Wildman–Crippen LogP) is 3.98. The summed E-state index contributed by atoms with van der Waals surface area (Å²) in [6, 6.07) is 8.74. The summed E-state index contributed by atoms with van der Waals surface area (Å²) < 4.78 is 0. The first-order valence-electron chi connectivity index (χ1n) is 6.97. The van der Waals surface area contributed by atoms with Gasteiger partial charge in [0.2, 0.25) is 0 Å². The van der Waals surface area contributed by atoms with E-state index in [2.05, 4.69) is 24.9 Å². The Bertz CT molecular complexity index is 1020. The van der Waals surface area contributed by atoms with Crippen LogP contribution < -0.4 is 5.48 Å². The number of nitro benzene ring substituents is 1. The minimum Gasteiger partial charge on any atom is -0.335 e. The molecular formula is C14H8N8O5. The number of nitro groups is 1. The standard InChI is InChI=1S/C14H8N8O5/c15-20-17-8-5-6-12(22(25)26)10(7-8)14(24)27-19-13(23)9-3-1-2-4-11(9)18-21-16/h1-7H,(H,19,23). The van der Waals surface area contributed by atoms with Crippen LogP contribution in [0.3, 0.4) is 0 Å². The molecule has 2 aromatic rings. The molecule has 1 N–H and O–H groups in total. The number of nitrogens with one attached hydrogen (secondary N) is 1. The fourth-order valence-corrected chi connectivity index (χ4v) is 1.96. The quantitative estimate of drug-likeness (QED) is 0.273. The fourth-order valence-electron chi connectivity index (χ4n) is 1.96. The van der Waals surface area contributed by atoms with E-state index in [1.165, 1.54) is 24.3 Å². The molecule has 2 aromatic carbocycles. The van der Waals surface area contributed by atoms with E-state index in [4.69, 9.17) is 11.1 Å². The van der Waals surface area contributed by atoms with Gasteiger partial charge < -0.3 is 4.84 Å². The van der Waals surface area contributed by atoms with Crippen molar-refractivity contribution in [1.29, 1.82) is 0 Å². The van der Waals surface area contributed by atoms with Crippen molar-refractivity contribution in [3.05, 3.63) is 84.6 Å². The van der Waals surface area contributed by atoms with Crippen LogP contribution in [0.5, 0.6) is 0 Å². The molecule has 13 nitrogen and oxygen atoms in total. The second-order valence-corrected chi connectivity index (χ2v) is 4.68. The fraction of sp³-hybridized carbons (Fsp3) is 0. The monoisotopic (exact) mass is 368 g/mol. The minimum absolute atomic E-state index is 0.00937. The average molecular weight is 368 g/mol. The molecule has 1 amide bonds. The zero-order valence-corrected chi connectivity index (χ0v) is 13.2. The molecule has 134 valence electrons. The molecule has 27 heavy (non-hydrogen) atoms. The Hall–Kier alpha value is -4.60. The van der Waals surface area contributed by atoms with E-state index < -0.39 is 28.1 Å². The van der Waals surface area contributed by atoms with Gasteiger partial charge in [-0.2, -0.15) is 5.48 Å². The number of nitrogens with zero attached hydrogens (tertiary/aromatic N) is 7. The van der Waals surface area contributed by atoms with Crippen molar-refractivity contribution in [1.82, 2.24) is 5.48 Å². The Morgan fingerprint density at radius 3 is 2.44 bits per heavy atom. The van der Waals surface area contributed by atoms with Gasteiger partial charge in [0, 0.05) is 21.6 Å². The number of carbonyl (C=O) groups is 2. The summed E-state index contributed by atoms with van der Waals surface area (Å²) in [6.45, 7) is 0. The lowest BCUT2D eigenvalue weighted by molar-refractivity contribution is -0.385. The summed E-state index contributed by atoms with van der Waals surface area (Å²) >= 11 is 0. The molecule has 2 rings (SSSR count). The molecule has 0 saturated carbocycles. The van der Waals surface area contributed by atoms with E-state index in [1.807, 2.05) is 5.48 Å². The Morgan fingerprint density at radius 1 is 1.07 bits per heavy atom. The van der Waals surface area contributed by atoms with Crippen LogP contribution in [0, 0.1) is 10.1 Å². The van der Waals surface area contributed by atoms with Gasteiger partial charge in [-0.1, -0.05) is 28.4 Å². The van der Waals surface area contributed by atoms with Crippen molar-refractivity contribution >= 4 is 28.9 Å². The highest BCUT2D eigenvalue weighted by Gasteiger charge is 2.23. The first-order chi connectivity index (χ1) is 13.0. The Balaban J connectivity index is 2.24. The van der Waals surface area contributed by atoms with Crippen molar-refractivity contribution in [3.63, 3.8) is 0 Å². The predicted molar refractivity (Wildman–Crippen MR) is 90.0 cm³/mol. The smallest absolute Gasteiger partial charge is 0.335 e. The van der Waals surface area contributed by atoms with Gasteiger partial charge >= 0.3 is 5.97 Å². The Labute approximate surface area is 149 Å². The Kier molecular flexibility index (Phi) is 5.89. The van der Waals surface area contributed by atoms with Gasteiger partial charge in [0.1, 0.15) is 5.56 Å². The SMILES string of the molecule is [N-]=[N+]=Nc1ccc([N+](=O)[O-])c(C(=O)ONC(=O)c2ccccc2N=[N+]=[N-])c1. The number of rotatable bonds is 5. The van der Waals surface area contributed by atoms with E-state index in [1.54, 1.807) is 0 Å². The lowest BCUT2D eigenvalue weighted by atomic mass is 10.1. The van der Waals surface area contributed by atoms with Gasteiger partial charge in [-0.05, 0) is 29.3 Å². The minimum atomic E-state index is -1.26. The summed E-state index contributed by atoms with van der Waals surface area (Å²) in [6.07, 6.45) is 0. The van der Waals surface area contributed by atoms with E-state index in [9.17, 15) is 19.7 Å². The largest absolute Gasteiger partial charge is 0.369 e. The molecular weight excluding hydrogens is 360 g/mol. The summed E-state index contributed by atoms with van der Waals surface area (Å²) in [4.78, 5) is 44.1. The summed E-state index contributed by atoms with van der Waals surface area (Å²) in [7, 11) is 0. The molecule has 0 aliphatic carbocycles. The van der Waals surface area contributed by atoms with E-state index in [0.717, 1.165) is 18.2 Å². The lowest BCUT2D eigenvalue weighted by Crippen LogP contribution is -2.27. The third-order valence-electron chi connectivity index (χ3n) is 3.09. The van der Waals surface area contributed by atoms with Gasteiger partial charge in [0.15, 0.2) is 0 Å². The molecule has 0 spiro atoms. The molecule has 0 saturated heterocycles. The van der Waals surface area contributed by atoms with Gasteiger partial charge in [0.25, 0.3) is 11.6 Å². The molecule has 0 radical (unpaired) electrons. The van der Waals surface area contributed by atoms with Crippen LogP contribution >= 0.6 is 0 Å². The third kappa shape index (κ3) is 4.48. The molecule has 0 heterocycles. The molecule has 0 aliphatic rings. The number of hydroxylamine groups is 1. The van der Waals surface area contributed by atoms with Crippen molar-refractivity contribution in [2.45, 2.75) is 0 Å². The lowest BCUT2D eigenvalue weighted by Gasteiger charge is -2.08. The third-order valence-corrected chi connectivity index (χ3v) is 3.09. The first-order valence-corrected chi connectivity index (χ1v) is 6.97. The van der Waals surface area contributed by atoms with Gasteiger partial charge in [-0.15, -0.1) is 0 Å². The van der Waals surface area contributed by atoms with Gasteiger partial charge in [-0.25, -0.2) is 4.79 Å². The zero-order valence-electron chi connectivity index (χ0n) is 13.2. The van der Waals surface area contributed by atoms with Crippen molar-refractivity contribution < 1.29 is 19.3 Å². The normalized spacial score (nSPS) is 9.33. The average Bonchev–Trinajstić information content (AvgIpc) is 2.66. The van der Waals surface area contributed by atoms with Crippen LogP contribution in [-0.4, -0.2) is 16.8 Å². The van der Waals surface area contributed by atoms with Crippen LogP contribution in [0.25, 0.3) is 20.9 Å². The number of hydrogen-bond acceptors (Lipinski definition) is 7. The van der Waals surface area contributed by atoms with E-state index in [-0.39, 0.29) is 16.9 Å². The highest BCUT2D eigenvalue weighted by molar-refractivity contribution is 6.00. The number of hydrogen-bond donors (Lipinski definition) is 1. The zero-order chi connectivity index (χ0) is 19.8. The number of benzene rings is 2. The molecule has 0 bridgehead atoms. The maximum absolute atomic E-state index is 12.1. The van der Waals surface area contributed by atoms with Gasteiger partial charge in [0.05, 0.1) is 16.2 Å². The van der Waals surface area contributed by atoms with E-state index >= 15 is 0 Å². The number of carbonyl (C=O) groups excluding carboxylic acids is 2. The molecule has 0 atom stereocenters. The first kappa shape index (κ1) is 18.7. The highest BCUT2D eigenvalue weighted by atomic mass is 16.7. The Morgan fingerprint density at radius 2 is 1.78 bits per heavy atom. The molecule has 0 aromatic heterocycles. The van der Waals surface area contributed by atoms with Crippen LogP contribution in [0.4, 0.5) is 17.1 Å². The molecule has 0 unspecified atom stereocenters. The highest BCUT2D eigenvalue weighted by Crippen LogP contribution is 2.25. The van der Waals surface area contributed by atoms with Gasteiger partial charge in [-0.3, -0.25) is 14.9 Å². The molecule has 0 aliphatic heterocycles. The van der Waals surface area contributed by atoms with Crippen molar-refractivity contribution in [2.24, 2.45) is 10.2 Å². The van der Waals surface area contributed by atoms with Crippen LogP contribution in [-0.2, 0) is 4.84 Å². The molecule has 0 fully saturated rings. The summed E-state index contributed by atoms with van der Waals surface area (Å²) in [5, 5.41) is 17.6. The van der Waals surface area contributed by atoms with Crippen LogP contribution in [0.1, 0.15) is 20.7 Å². The van der Waals surface area contributed by atoms with Crippen molar-refractivity contribution in [3.8, 4) is 0 Å². The second-order valence-electron chi connectivity index (χ2n) is 4.68. The maximum Gasteiger partial charge on any atom is 0.369 e. The second kappa shape index (κ2) is 8.48. The number of azide groups is 2. The van der Waals surface area contributed by atoms with Crippen LogP contribution in [0.2, 0.25) is 0 Å². The maximum atomic E-state index is 12.1.